The van der Waals surface area contributed by atoms with E-state index >= 15 is 0 Å². The standard InChI is InChI=1S/C16H20N2O4S/c1-2-11-6-10(7-23-11)14(19)17-18-15(20)12-8-3-4-9(5-8)13(12)16(21)22/h6-9,12-13H,2-5H2,1H3,(H,17,19)(H,18,20)(H,21,22)/t8-,9+,12-,13+/m1/s1. The molecule has 3 N–H and O–H groups in total. The number of carboxylic acids is 1. The zero-order chi connectivity index (χ0) is 16.6. The Bertz CT molecular complexity index is 642. The van der Waals surface area contributed by atoms with E-state index < -0.39 is 17.8 Å². The summed E-state index contributed by atoms with van der Waals surface area (Å²) in [5, 5.41) is 11.1. The van der Waals surface area contributed by atoms with Gasteiger partial charge in [-0.3, -0.25) is 25.2 Å². The molecule has 2 bridgehead atoms. The Morgan fingerprint density at radius 2 is 1.91 bits per heavy atom. The Labute approximate surface area is 138 Å². The fourth-order valence-corrected chi connectivity index (χ4v) is 4.80. The molecule has 3 rings (SSSR count). The Morgan fingerprint density at radius 1 is 1.22 bits per heavy atom. The number of rotatable bonds is 4. The molecule has 2 aliphatic carbocycles. The third-order valence-electron chi connectivity index (χ3n) is 5.07. The number of hydrogen-bond donors (Lipinski definition) is 3. The summed E-state index contributed by atoms with van der Waals surface area (Å²) in [4.78, 5) is 36.9. The van der Waals surface area contributed by atoms with Gasteiger partial charge in [0.05, 0.1) is 17.4 Å². The van der Waals surface area contributed by atoms with Crippen LogP contribution in [0, 0.1) is 23.7 Å². The van der Waals surface area contributed by atoms with Crippen LogP contribution in [0.25, 0.3) is 0 Å². The molecule has 6 nitrogen and oxygen atoms in total. The molecule has 0 radical (unpaired) electrons. The Kier molecular flexibility index (Phi) is 4.39. The second-order valence-electron chi connectivity index (χ2n) is 6.32. The fraction of sp³-hybridized carbons (Fsp3) is 0.562. The van der Waals surface area contributed by atoms with Gasteiger partial charge in [0.15, 0.2) is 0 Å². The Morgan fingerprint density at radius 3 is 2.52 bits per heavy atom. The molecule has 7 heteroatoms. The van der Waals surface area contributed by atoms with Crippen molar-refractivity contribution in [2.45, 2.75) is 32.6 Å². The molecule has 0 saturated heterocycles. The molecule has 1 aromatic rings. The minimum absolute atomic E-state index is 0.0907. The number of carbonyl (C=O) groups excluding carboxylic acids is 2. The number of fused-ring (bicyclic) bond motifs is 2. The molecule has 23 heavy (non-hydrogen) atoms. The Hall–Kier alpha value is -1.89. The zero-order valence-corrected chi connectivity index (χ0v) is 13.7. The van der Waals surface area contributed by atoms with E-state index in [2.05, 4.69) is 10.9 Å². The monoisotopic (exact) mass is 336 g/mol. The van der Waals surface area contributed by atoms with Crippen molar-refractivity contribution in [2.75, 3.05) is 0 Å². The lowest BCUT2D eigenvalue weighted by atomic mass is 9.79. The maximum absolute atomic E-state index is 12.4. The predicted molar refractivity (Wildman–Crippen MR) is 84.8 cm³/mol. The minimum atomic E-state index is -0.908. The second kappa shape index (κ2) is 6.31. The molecule has 1 aromatic heterocycles. The van der Waals surface area contributed by atoms with Crippen molar-refractivity contribution in [3.8, 4) is 0 Å². The molecule has 0 spiro atoms. The number of hydrazine groups is 1. The SMILES string of the molecule is CCc1cc(C(=O)NNC(=O)[C@@H]2[C@@H]3CC[C@@H](C3)[C@@H]2C(=O)O)cs1. The zero-order valence-electron chi connectivity index (χ0n) is 12.9. The number of thiophene rings is 1. The van der Waals surface area contributed by atoms with Crippen LogP contribution in [0.2, 0.25) is 0 Å². The van der Waals surface area contributed by atoms with E-state index in [4.69, 9.17) is 0 Å². The third kappa shape index (κ3) is 2.97. The van der Waals surface area contributed by atoms with E-state index in [9.17, 15) is 19.5 Å². The first kappa shape index (κ1) is 16.0. The van der Waals surface area contributed by atoms with Crippen LogP contribution >= 0.6 is 11.3 Å². The predicted octanol–water partition coefficient (Wildman–Crippen LogP) is 1.82. The summed E-state index contributed by atoms with van der Waals surface area (Å²) in [5.41, 5.74) is 5.34. The van der Waals surface area contributed by atoms with Gasteiger partial charge < -0.3 is 5.11 Å². The molecule has 2 fully saturated rings. The van der Waals surface area contributed by atoms with Gasteiger partial charge in [-0.2, -0.15) is 0 Å². The first-order chi connectivity index (χ1) is 11.0. The molecule has 2 aliphatic rings. The normalized spacial score (nSPS) is 28.6. The van der Waals surface area contributed by atoms with Crippen molar-refractivity contribution in [3.05, 3.63) is 21.9 Å². The van der Waals surface area contributed by atoms with Crippen molar-refractivity contribution >= 4 is 29.1 Å². The quantitative estimate of drug-likeness (QED) is 0.731. The van der Waals surface area contributed by atoms with Gasteiger partial charge in [0.1, 0.15) is 0 Å². The molecular formula is C16H20N2O4S. The van der Waals surface area contributed by atoms with Crippen molar-refractivity contribution in [1.82, 2.24) is 10.9 Å². The number of carboxylic acid groups (broad SMARTS) is 1. The lowest BCUT2D eigenvalue weighted by Crippen LogP contribution is -2.48. The number of aryl methyl sites for hydroxylation is 1. The molecule has 0 aromatic carbocycles. The smallest absolute Gasteiger partial charge is 0.307 e. The van der Waals surface area contributed by atoms with Gasteiger partial charge in [0.25, 0.3) is 5.91 Å². The highest BCUT2D eigenvalue weighted by Gasteiger charge is 2.54. The van der Waals surface area contributed by atoms with Crippen molar-refractivity contribution in [1.29, 1.82) is 0 Å². The maximum Gasteiger partial charge on any atom is 0.307 e. The van der Waals surface area contributed by atoms with Gasteiger partial charge in [0, 0.05) is 10.3 Å². The number of hydrogen-bond acceptors (Lipinski definition) is 4. The molecule has 0 unspecified atom stereocenters. The van der Waals surface area contributed by atoms with Gasteiger partial charge in [-0.15, -0.1) is 11.3 Å². The third-order valence-corrected chi connectivity index (χ3v) is 6.15. The van der Waals surface area contributed by atoms with Crippen molar-refractivity contribution < 1.29 is 19.5 Å². The van der Waals surface area contributed by atoms with E-state index in [1.54, 1.807) is 11.4 Å². The average molecular weight is 336 g/mol. The average Bonchev–Trinajstić information content (AvgIpc) is 3.25. The van der Waals surface area contributed by atoms with Crippen LogP contribution in [0.3, 0.4) is 0 Å². The summed E-state index contributed by atoms with van der Waals surface area (Å²) in [5.74, 6) is -2.63. The second-order valence-corrected chi connectivity index (χ2v) is 7.32. The highest BCUT2D eigenvalue weighted by Crippen LogP contribution is 2.52. The van der Waals surface area contributed by atoms with Crippen molar-refractivity contribution in [2.24, 2.45) is 23.7 Å². The van der Waals surface area contributed by atoms with Crippen LogP contribution in [0.4, 0.5) is 0 Å². The lowest BCUT2D eigenvalue weighted by Gasteiger charge is -2.26. The summed E-state index contributed by atoms with van der Waals surface area (Å²) in [6.45, 7) is 2.01. The first-order valence-electron chi connectivity index (χ1n) is 7.91. The maximum atomic E-state index is 12.4. The topological polar surface area (TPSA) is 95.5 Å². The van der Waals surface area contributed by atoms with Crippen LogP contribution in [0.15, 0.2) is 11.4 Å². The number of nitrogens with one attached hydrogen (secondary N) is 2. The van der Waals surface area contributed by atoms with Gasteiger partial charge in [-0.25, -0.2) is 0 Å². The van der Waals surface area contributed by atoms with E-state index in [1.807, 2.05) is 6.92 Å². The van der Waals surface area contributed by atoms with Gasteiger partial charge in [-0.05, 0) is 43.6 Å². The number of amides is 2. The minimum Gasteiger partial charge on any atom is -0.481 e. The molecule has 4 atom stereocenters. The summed E-state index contributed by atoms with van der Waals surface area (Å²) in [6, 6.07) is 1.80. The number of carbonyl (C=O) groups is 3. The lowest BCUT2D eigenvalue weighted by molar-refractivity contribution is -0.149. The molecule has 2 saturated carbocycles. The summed E-state index contributed by atoms with van der Waals surface area (Å²) in [7, 11) is 0. The molecule has 1 heterocycles. The van der Waals surface area contributed by atoms with E-state index in [1.165, 1.54) is 11.3 Å². The fourth-order valence-electron chi connectivity index (χ4n) is 3.98. The van der Waals surface area contributed by atoms with Crippen LogP contribution < -0.4 is 10.9 Å². The van der Waals surface area contributed by atoms with E-state index in [0.717, 1.165) is 30.6 Å². The van der Waals surface area contributed by atoms with E-state index in [-0.39, 0.29) is 23.7 Å². The van der Waals surface area contributed by atoms with Crippen molar-refractivity contribution in [3.63, 3.8) is 0 Å². The highest BCUT2D eigenvalue weighted by atomic mass is 32.1. The summed E-state index contributed by atoms with van der Waals surface area (Å²) >= 11 is 1.50. The van der Waals surface area contributed by atoms with Crippen LogP contribution in [-0.4, -0.2) is 22.9 Å². The largest absolute Gasteiger partial charge is 0.481 e. The summed E-state index contributed by atoms with van der Waals surface area (Å²) in [6.07, 6.45) is 3.43. The Balaban J connectivity index is 1.60. The molecule has 124 valence electrons. The van der Waals surface area contributed by atoms with Crippen LogP contribution in [0.5, 0.6) is 0 Å². The first-order valence-corrected chi connectivity index (χ1v) is 8.79. The molecule has 2 amide bonds. The molecular weight excluding hydrogens is 316 g/mol. The van der Waals surface area contributed by atoms with Gasteiger partial charge >= 0.3 is 5.97 Å². The van der Waals surface area contributed by atoms with Gasteiger partial charge in [-0.1, -0.05) is 6.92 Å². The molecule has 0 aliphatic heterocycles. The van der Waals surface area contributed by atoms with Crippen LogP contribution in [-0.2, 0) is 16.0 Å². The van der Waals surface area contributed by atoms with E-state index in [0.29, 0.717) is 5.56 Å². The number of aliphatic carboxylic acids is 1. The van der Waals surface area contributed by atoms with Crippen LogP contribution in [0.1, 0.15) is 41.4 Å². The summed E-state index contributed by atoms with van der Waals surface area (Å²) < 4.78 is 0. The van der Waals surface area contributed by atoms with Gasteiger partial charge in [0.2, 0.25) is 5.91 Å². The highest BCUT2D eigenvalue weighted by molar-refractivity contribution is 7.10.